The fourth-order valence-corrected chi connectivity index (χ4v) is 3.20. The fraction of sp³-hybridized carbons (Fsp3) is 0.100. The molecule has 2 aromatic carbocycles. The van der Waals surface area contributed by atoms with Crippen LogP contribution in [0.15, 0.2) is 60.9 Å². The third-order valence-electron chi connectivity index (χ3n) is 4.35. The van der Waals surface area contributed by atoms with Gasteiger partial charge in [-0.05, 0) is 31.2 Å². The molecule has 1 amide bonds. The van der Waals surface area contributed by atoms with Crippen LogP contribution in [0.25, 0.3) is 21.8 Å². The van der Waals surface area contributed by atoms with Gasteiger partial charge in [0.25, 0.3) is 0 Å². The summed E-state index contributed by atoms with van der Waals surface area (Å²) in [5.41, 5.74) is 3.26. The van der Waals surface area contributed by atoms with Gasteiger partial charge >= 0.3 is 0 Å². The number of amides is 1. The van der Waals surface area contributed by atoms with Crippen LogP contribution in [0.3, 0.4) is 0 Å². The second-order valence-electron chi connectivity index (χ2n) is 6.04. The molecule has 0 atom stereocenters. The number of aromatic amines is 1. The van der Waals surface area contributed by atoms with Gasteiger partial charge in [-0.2, -0.15) is 0 Å². The number of carbonyl (C=O) groups excluding carboxylic acids is 2. The van der Waals surface area contributed by atoms with E-state index in [2.05, 4.69) is 10.3 Å². The summed E-state index contributed by atoms with van der Waals surface area (Å²) in [6, 6.07) is 15.3. The van der Waals surface area contributed by atoms with Crippen molar-refractivity contribution >= 4 is 39.2 Å². The van der Waals surface area contributed by atoms with Gasteiger partial charge in [0.1, 0.15) is 6.54 Å². The number of benzene rings is 2. The Morgan fingerprint density at radius 3 is 2.72 bits per heavy atom. The van der Waals surface area contributed by atoms with Crippen LogP contribution in [0.1, 0.15) is 17.3 Å². The topological polar surface area (TPSA) is 66.9 Å². The van der Waals surface area contributed by atoms with E-state index >= 15 is 0 Å². The number of ketones is 1. The van der Waals surface area contributed by atoms with Crippen LogP contribution in [0.5, 0.6) is 0 Å². The molecule has 0 fully saturated rings. The number of nitrogens with zero attached hydrogens (tertiary/aromatic N) is 1. The normalized spacial score (nSPS) is 11.1. The summed E-state index contributed by atoms with van der Waals surface area (Å²) in [6.07, 6.45) is 3.60. The van der Waals surface area contributed by atoms with E-state index in [9.17, 15) is 9.59 Å². The van der Waals surface area contributed by atoms with Crippen molar-refractivity contribution in [2.75, 3.05) is 5.32 Å². The van der Waals surface area contributed by atoms with Gasteiger partial charge in [0.05, 0.1) is 5.69 Å². The molecule has 124 valence electrons. The fourth-order valence-electron chi connectivity index (χ4n) is 3.20. The van der Waals surface area contributed by atoms with Gasteiger partial charge in [-0.25, -0.2) is 0 Å². The molecule has 2 heterocycles. The van der Waals surface area contributed by atoms with Crippen molar-refractivity contribution in [1.82, 2.24) is 9.55 Å². The maximum Gasteiger partial charge on any atom is 0.244 e. The van der Waals surface area contributed by atoms with Gasteiger partial charge in [0.2, 0.25) is 5.91 Å². The minimum absolute atomic E-state index is 0.00699. The summed E-state index contributed by atoms with van der Waals surface area (Å²) in [5, 5.41) is 4.80. The Kier molecular flexibility index (Phi) is 3.61. The number of para-hydroxylation sites is 1. The summed E-state index contributed by atoms with van der Waals surface area (Å²) in [6.45, 7) is 1.69. The summed E-state index contributed by atoms with van der Waals surface area (Å²) < 4.78 is 1.82. The van der Waals surface area contributed by atoms with Crippen molar-refractivity contribution in [1.29, 1.82) is 0 Å². The molecule has 5 nitrogen and oxygen atoms in total. The highest BCUT2D eigenvalue weighted by Crippen LogP contribution is 2.24. The second-order valence-corrected chi connectivity index (χ2v) is 6.04. The first-order chi connectivity index (χ1) is 12.1. The largest absolute Gasteiger partial charge is 0.361 e. The highest BCUT2D eigenvalue weighted by molar-refractivity contribution is 6.07. The Morgan fingerprint density at radius 1 is 1.04 bits per heavy atom. The summed E-state index contributed by atoms with van der Waals surface area (Å²) in [4.78, 5) is 27.5. The van der Waals surface area contributed by atoms with E-state index in [0.717, 1.165) is 27.5 Å². The lowest BCUT2D eigenvalue weighted by molar-refractivity contribution is -0.116. The van der Waals surface area contributed by atoms with Crippen molar-refractivity contribution in [2.45, 2.75) is 13.5 Å². The van der Waals surface area contributed by atoms with E-state index < -0.39 is 0 Å². The third-order valence-corrected chi connectivity index (χ3v) is 4.35. The molecule has 25 heavy (non-hydrogen) atoms. The molecule has 2 N–H and O–H groups in total. The number of hydrogen-bond acceptors (Lipinski definition) is 2. The van der Waals surface area contributed by atoms with Crippen molar-refractivity contribution in [3.8, 4) is 0 Å². The number of H-pyrrole nitrogens is 1. The Morgan fingerprint density at radius 2 is 1.88 bits per heavy atom. The second kappa shape index (κ2) is 5.94. The molecule has 0 saturated heterocycles. The SMILES string of the molecule is CC(=O)c1cn(CC(=O)Nc2cccc3[nH]ccc23)c2ccccc12. The molecule has 0 unspecified atom stereocenters. The molecular weight excluding hydrogens is 314 g/mol. The first-order valence-electron chi connectivity index (χ1n) is 8.08. The smallest absolute Gasteiger partial charge is 0.244 e. The highest BCUT2D eigenvalue weighted by atomic mass is 16.2. The first kappa shape index (κ1) is 15.2. The predicted molar refractivity (Wildman–Crippen MR) is 98.9 cm³/mol. The minimum atomic E-state index is -0.135. The van der Waals surface area contributed by atoms with E-state index in [-0.39, 0.29) is 18.2 Å². The Bertz CT molecular complexity index is 1100. The van der Waals surface area contributed by atoms with Gasteiger partial charge in [-0.15, -0.1) is 0 Å². The van der Waals surface area contributed by atoms with Crippen LogP contribution in [0.2, 0.25) is 0 Å². The van der Waals surface area contributed by atoms with Crippen LogP contribution < -0.4 is 5.32 Å². The van der Waals surface area contributed by atoms with Crippen molar-refractivity contribution in [3.63, 3.8) is 0 Å². The van der Waals surface area contributed by atoms with Gasteiger partial charge in [-0.1, -0.05) is 24.3 Å². The monoisotopic (exact) mass is 331 g/mol. The molecule has 5 heteroatoms. The molecule has 0 saturated carbocycles. The molecule has 0 aliphatic heterocycles. The summed E-state index contributed by atoms with van der Waals surface area (Å²) >= 11 is 0. The average molecular weight is 331 g/mol. The zero-order chi connectivity index (χ0) is 17.4. The van der Waals surface area contributed by atoms with Gasteiger partial charge in [-0.3, -0.25) is 9.59 Å². The lowest BCUT2D eigenvalue weighted by atomic mass is 10.1. The molecule has 4 aromatic rings. The number of Topliss-reactive ketones (excluding diaryl/α,β-unsaturated/α-hetero) is 1. The van der Waals surface area contributed by atoms with Crippen LogP contribution in [-0.2, 0) is 11.3 Å². The summed E-state index contributed by atoms with van der Waals surface area (Å²) in [5.74, 6) is -0.142. The maximum atomic E-state index is 12.5. The molecule has 2 aromatic heterocycles. The van der Waals surface area contributed by atoms with Crippen LogP contribution in [0.4, 0.5) is 5.69 Å². The number of carbonyl (C=O) groups is 2. The number of rotatable bonds is 4. The van der Waals surface area contributed by atoms with E-state index in [1.54, 1.807) is 13.1 Å². The number of nitrogens with one attached hydrogen (secondary N) is 2. The van der Waals surface area contributed by atoms with E-state index in [4.69, 9.17) is 0 Å². The molecule has 4 rings (SSSR count). The van der Waals surface area contributed by atoms with Crippen LogP contribution in [0, 0.1) is 0 Å². The Labute approximate surface area is 144 Å². The lowest BCUT2D eigenvalue weighted by Gasteiger charge is -2.08. The molecule has 0 radical (unpaired) electrons. The zero-order valence-electron chi connectivity index (χ0n) is 13.7. The van der Waals surface area contributed by atoms with Gasteiger partial charge < -0.3 is 14.9 Å². The Balaban J connectivity index is 1.64. The van der Waals surface area contributed by atoms with Crippen molar-refractivity contribution in [2.24, 2.45) is 0 Å². The Hall–Kier alpha value is -3.34. The van der Waals surface area contributed by atoms with Crippen LogP contribution in [-0.4, -0.2) is 21.2 Å². The zero-order valence-corrected chi connectivity index (χ0v) is 13.7. The first-order valence-corrected chi connectivity index (χ1v) is 8.08. The minimum Gasteiger partial charge on any atom is -0.361 e. The quantitative estimate of drug-likeness (QED) is 0.556. The van der Waals surface area contributed by atoms with Crippen LogP contribution >= 0.6 is 0 Å². The average Bonchev–Trinajstić information content (AvgIpc) is 3.21. The van der Waals surface area contributed by atoms with Gasteiger partial charge in [0.15, 0.2) is 5.78 Å². The molecule has 0 spiro atoms. The number of anilines is 1. The van der Waals surface area contributed by atoms with Crippen molar-refractivity contribution in [3.05, 3.63) is 66.5 Å². The number of aromatic nitrogens is 2. The standard InChI is InChI=1S/C20H17N3O2/c1-13(24)16-11-23(19-8-3-2-5-14(16)19)12-20(25)22-18-7-4-6-17-15(18)9-10-21-17/h2-11,21H,12H2,1H3,(H,22,25). The molecular formula is C20H17N3O2. The number of fused-ring (bicyclic) bond motifs is 2. The van der Waals surface area contributed by atoms with Gasteiger partial charge in [0, 0.05) is 39.8 Å². The lowest BCUT2D eigenvalue weighted by Crippen LogP contribution is -2.18. The highest BCUT2D eigenvalue weighted by Gasteiger charge is 2.14. The molecule has 0 bridgehead atoms. The van der Waals surface area contributed by atoms with Crippen molar-refractivity contribution < 1.29 is 9.59 Å². The van der Waals surface area contributed by atoms with E-state index in [1.807, 2.05) is 59.3 Å². The third kappa shape index (κ3) is 2.70. The maximum absolute atomic E-state index is 12.5. The summed E-state index contributed by atoms with van der Waals surface area (Å²) in [7, 11) is 0. The molecule has 0 aliphatic rings. The van der Waals surface area contributed by atoms with E-state index in [1.165, 1.54) is 0 Å². The molecule has 0 aliphatic carbocycles. The van der Waals surface area contributed by atoms with E-state index in [0.29, 0.717) is 5.56 Å². The number of hydrogen-bond donors (Lipinski definition) is 2. The predicted octanol–water partition coefficient (Wildman–Crippen LogP) is 3.96.